The van der Waals surface area contributed by atoms with Gasteiger partial charge in [0.1, 0.15) is 0 Å². The van der Waals surface area contributed by atoms with Gasteiger partial charge in [0, 0.05) is 42.6 Å². The van der Waals surface area contributed by atoms with Crippen molar-refractivity contribution in [2.45, 2.75) is 33.2 Å². The van der Waals surface area contributed by atoms with Gasteiger partial charge in [0.05, 0.1) is 12.2 Å². The summed E-state index contributed by atoms with van der Waals surface area (Å²) < 4.78 is 1.13. The molecule has 1 heterocycles. The van der Waals surface area contributed by atoms with Crippen molar-refractivity contribution < 1.29 is 4.79 Å². The first-order valence-corrected chi connectivity index (χ1v) is 10.1. The Balaban J connectivity index is 1.85. The number of nitrogens with one attached hydrogen (secondary N) is 3. The lowest BCUT2D eigenvalue weighted by Gasteiger charge is -2.21. The number of hydrogen-bond acceptors (Lipinski definition) is 3. The maximum atomic E-state index is 11.6. The van der Waals surface area contributed by atoms with Crippen molar-refractivity contribution in [3.05, 3.63) is 28.7 Å². The Bertz CT molecular complexity index is 620. The third kappa shape index (κ3) is 6.20. The summed E-state index contributed by atoms with van der Waals surface area (Å²) >= 11 is 3.63. The van der Waals surface area contributed by atoms with Crippen LogP contribution in [0.5, 0.6) is 0 Å². The molecule has 3 N–H and O–H groups in total. The number of halogens is 1. The first kappa shape index (κ1) is 20.6. The van der Waals surface area contributed by atoms with Gasteiger partial charge in [0.2, 0.25) is 5.91 Å². The number of guanidine groups is 1. The van der Waals surface area contributed by atoms with Crippen LogP contribution in [0.1, 0.15) is 27.2 Å². The largest absolute Gasteiger partial charge is 0.368 e. The molecule has 1 unspecified atom stereocenters. The van der Waals surface area contributed by atoms with E-state index in [1.54, 1.807) is 0 Å². The van der Waals surface area contributed by atoms with Crippen LogP contribution in [-0.2, 0) is 4.79 Å². The summed E-state index contributed by atoms with van der Waals surface area (Å²) in [5, 5.41) is 9.69. The normalized spacial score (nSPS) is 17.5. The van der Waals surface area contributed by atoms with E-state index < -0.39 is 0 Å². The van der Waals surface area contributed by atoms with Crippen molar-refractivity contribution in [1.29, 1.82) is 0 Å². The Morgan fingerprint density at radius 1 is 1.35 bits per heavy atom. The zero-order valence-electron chi connectivity index (χ0n) is 15.9. The van der Waals surface area contributed by atoms with Crippen LogP contribution in [0, 0.1) is 5.92 Å². The summed E-state index contributed by atoms with van der Waals surface area (Å²) in [5.74, 6) is 0.885. The van der Waals surface area contributed by atoms with Gasteiger partial charge in [-0.1, -0.05) is 26.0 Å². The lowest BCUT2D eigenvalue weighted by atomic mass is 10.2. The summed E-state index contributed by atoms with van der Waals surface area (Å²) in [4.78, 5) is 18.5. The van der Waals surface area contributed by atoms with E-state index in [0.29, 0.717) is 19.1 Å². The number of benzene rings is 1. The van der Waals surface area contributed by atoms with Gasteiger partial charge in [-0.25, -0.2) is 0 Å². The number of para-hydroxylation sites is 1. The van der Waals surface area contributed by atoms with E-state index in [2.05, 4.69) is 66.9 Å². The Labute approximate surface area is 165 Å². The number of nitrogens with zero attached hydrogens (tertiary/aromatic N) is 2. The van der Waals surface area contributed by atoms with Crippen molar-refractivity contribution >= 4 is 33.5 Å². The second-order valence-electron chi connectivity index (χ2n) is 6.73. The number of rotatable bonds is 7. The molecule has 26 heavy (non-hydrogen) atoms. The minimum absolute atomic E-state index is 0.00660. The van der Waals surface area contributed by atoms with Crippen molar-refractivity contribution in [3.8, 4) is 0 Å². The smallest absolute Gasteiger partial charge is 0.222 e. The molecule has 0 radical (unpaired) electrons. The van der Waals surface area contributed by atoms with Crippen molar-refractivity contribution in [3.63, 3.8) is 0 Å². The fourth-order valence-corrected chi connectivity index (χ4v) is 3.40. The van der Waals surface area contributed by atoms with Gasteiger partial charge in [0.25, 0.3) is 0 Å². The SMILES string of the molecule is CCNC(=NCCNC(=O)C(C)C)NC1CCN(c2ccccc2Br)C1. The fourth-order valence-electron chi connectivity index (χ4n) is 2.87. The molecule has 1 aromatic carbocycles. The van der Waals surface area contributed by atoms with Gasteiger partial charge < -0.3 is 20.9 Å². The number of amides is 1. The van der Waals surface area contributed by atoms with Gasteiger partial charge in [-0.15, -0.1) is 0 Å². The van der Waals surface area contributed by atoms with Crippen LogP contribution >= 0.6 is 15.9 Å². The lowest BCUT2D eigenvalue weighted by Crippen LogP contribution is -2.45. The number of aliphatic imine (C=N–C) groups is 1. The van der Waals surface area contributed by atoms with E-state index in [-0.39, 0.29) is 11.8 Å². The number of hydrogen-bond donors (Lipinski definition) is 3. The standard InChI is InChI=1S/C19H30BrN5O/c1-4-21-19(23-11-10-22-18(26)14(2)3)24-15-9-12-25(13-15)17-8-6-5-7-16(17)20/h5-8,14-15H,4,9-13H2,1-3H3,(H,22,26)(H2,21,23,24). The maximum absolute atomic E-state index is 11.6. The zero-order chi connectivity index (χ0) is 18.9. The molecule has 1 aliphatic rings. The monoisotopic (exact) mass is 423 g/mol. The highest BCUT2D eigenvalue weighted by molar-refractivity contribution is 9.10. The quantitative estimate of drug-likeness (QED) is 0.357. The highest BCUT2D eigenvalue weighted by Crippen LogP contribution is 2.28. The second kappa shape index (κ2) is 10.4. The highest BCUT2D eigenvalue weighted by atomic mass is 79.9. The van der Waals surface area contributed by atoms with Crippen LogP contribution < -0.4 is 20.9 Å². The van der Waals surface area contributed by atoms with Gasteiger partial charge in [0.15, 0.2) is 5.96 Å². The third-order valence-corrected chi connectivity index (χ3v) is 4.94. The Kier molecular flexibility index (Phi) is 8.22. The van der Waals surface area contributed by atoms with E-state index in [9.17, 15) is 4.79 Å². The summed E-state index contributed by atoms with van der Waals surface area (Å²) in [5.41, 5.74) is 1.23. The number of carbonyl (C=O) groups is 1. The molecule has 144 valence electrons. The van der Waals surface area contributed by atoms with Crippen LogP contribution in [0.15, 0.2) is 33.7 Å². The summed E-state index contributed by atoms with van der Waals surface area (Å²) in [6.45, 7) is 9.73. The lowest BCUT2D eigenvalue weighted by molar-refractivity contribution is -0.123. The van der Waals surface area contributed by atoms with Gasteiger partial charge in [-0.3, -0.25) is 9.79 Å². The predicted octanol–water partition coefficient (Wildman–Crippen LogP) is 2.36. The third-order valence-electron chi connectivity index (χ3n) is 4.27. The molecule has 1 atom stereocenters. The van der Waals surface area contributed by atoms with Crippen molar-refractivity contribution in [2.24, 2.45) is 10.9 Å². The van der Waals surface area contributed by atoms with Gasteiger partial charge >= 0.3 is 0 Å². The first-order valence-electron chi connectivity index (χ1n) is 9.33. The number of carbonyl (C=O) groups excluding carboxylic acids is 1. The van der Waals surface area contributed by atoms with E-state index in [1.165, 1.54) is 5.69 Å². The van der Waals surface area contributed by atoms with E-state index in [4.69, 9.17) is 0 Å². The van der Waals surface area contributed by atoms with E-state index in [1.807, 2.05) is 19.9 Å². The molecule has 1 amide bonds. The molecule has 1 aliphatic heterocycles. The molecule has 0 saturated carbocycles. The predicted molar refractivity (Wildman–Crippen MR) is 112 cm³/mol. The highest BCUT2D eigenvalue weighted by Gasteiger charge is 2.24. The van der Waals surface area contributed by atoms with Crippen LogP contribution in [-0.4, -0.2) is 50.6 Å². The van der Waals surface area contributed by atoms with Crippen molar-refractivity contribution in [2.75, 3.05) is 37.6 Å². The van der Waals surface area contributed by atoms with Crippen LogP contribution in [0.2, 0.25) is 0 Å². The summed E-state index contributed by atoms with van der Waals surface area (Å²) in [6.07, 6.45) is 1.07. The van der Waals surface area contributed by atoms with Crippen LogP contribution in [0.4, 0.5) is 5.69 Å². The van der Waals surface area contributed by atoms with Gasteiger partial charge in [-0.05, 0) is 41.4 Å². The van der Waals surface area contributed by atoms with Crippen LogP contribution in [0.25, 0.3) is 0 Å². The molecule has 1 saturated heterocycles. The molecule has 1 aromatic rings. The zero-order valence-corrected chi connectivity index (χ0v) is 17.5. The molecule has 7 heteroatoms. The molecule has 0 aliphatic carbocycles. The summed E-state index contributed by atoms with van der Waals surface area (Å²) in [6, 6.07) is 8.67. The molecule has 2 rings (SSSR count). The molecule has 1 fully saturated rings. The van der Waals surface area contributed by atoms with Crippen molar-refractivity contribution in [1.82, 2.24) is 16.0 Å². The Morgan fingerprint density at radius 2 is 2.12 bits per heavy atom. The fraction of sp³-hybridized carbons (Fsp3) is 0.579. The maximum Gasteiger partial charge on any atom is 0.222 e. The molecular weight excluding hydrogens is 394 g/mol. The van der Waals surface area contributed by atoms with E-state index in [0.717, 1.165) is 36.5 Å². The molecule has 0 spiro atoms. The Hall–Kier alpha value is -1.76. The minimum atomic E-state index is 0.00660. The molecule has 6 nitrogen and oxygen atoms in total. The molecule has 0 aromatic heterocycles. The topological polar surface area (TPSA) is 68.8 Å². The average molecular weight is 424 g/mol. The molecule has 0 bridgehead atoms. The minimum Gasteiger partial charge on any atom is -0.368 e. The second-order valence-corrected chi connectivity index (χ2v) is 7.59. The van der Waals surface area contributed by atoms with Crippen LogP contribution in [0.3, 0.4) is 0 Å². The van der Waals surface area contributed by atoms with E-state index >= 15 is 0 Å². The molecular formula is C19H30BrN5O. The Morgan fingerprint density at radius 3 is 2.81 bits per heavy atom. The number of anilines is 1. The summed E-state index contributed by atoms with van der Waals surface area (Å²) in [7, 11) is 0. The first-order chi connectivity index (χ1) is 12.5. The average Bonchev–Trinajstić information content (AvgIpc) is 3.07. The van der Waals surface area contributed by atoms with Gasteiger partial charge in [-0.2, -0.15) is 0 Å².